The minimum Gasteiger partial charge on any atom is -0.497 e. The van der Waals surface area contributed by atoms with Crippen LogP contribution in [0.5, 0.6) is 17.2 Å². The molecule has 5 rings (SSSR count). The highest BCUT2D eigenvalue weighted by atomic mass is 16.5. The fourth-order valence-corrected chi connectivity index (χ4v) is 3.52. The van der Waals surface area contributed by atoms with Crippen molar-refractivity contribution in [3.05, 3.63) is 65.7 Å². The molecule has 0 saturated carbocycles. The van der Waals surface area contributed by atoms with Crippen molar-refractivity contribution in [3.8, 4) is 17.2 Å². The Bertz CT molecular complexity index is 988. The van der Waals surface area contributed by atoms with Crippen molar-refractivity contribution in [2.24, 2.45) is 0 Å². The molecule has 1 unspecified atom stereocenters. The summed E-state index contributed by atoms with van der Waals surface area (Å²) in [4.78, 5) is 0. The molecule has 0 aromatic heterocycles. The molecule has 0 bridgehead atoms. The summed E-state index contributed by atoms with van der Waals surface area (Å²) in [5, 5.41) is 2.43. The van der Waals surface area contributed by atoms with E-state index < -0.39 is 0 Å². The smallest absolute Gasteiger partial charge is 0.158 e. The highest BCUT2D eigenvalue weighted by molar-refractivity contribution is 6.00. The summed E-state index contributed by atoms with van der Waals surface area (Å²) in [5.41, 5.74) is 3.39. The average molecular weight is 316 g/mol. The molecule has 0 spiro atoms. The molecule has 1 atom stereocenters. The van der Waals surface area contributed by atoms with Crippen molar-refractivity contribution >= 4 is 22.4 Å². The predicted octanol–water partition coefficient (Wildman–Crippen LogP) is 4.54. The Morgan fingerprint density at radius 3 is 2.83 bits per heavy atom. The molecular formula is C21H16O3. The molecule has 0 aliphatic carbocycles. The molecule has 3 nitrogen and oxygen atoms in total. The Labute approximate surface area is 140 Å². The molecule has 118 valence electrons. The zero-order valence-electron chi connectivity index (χ0n) is 13.3. The van der Waals surface area contributed by atoms with Gasteiger partial charge in [-0.2, -0.15) is 0 Å². The van der Waals surface area contributed by atoms with Gasteiger partial charge < -0.3 is 14.2 Å². The average Bonchev–Trinajstić information content (AvgIpc) is 2.65. The minimum absolute atomic E-state index is 0.0699. The first-order valence-corrected chi connectivity index (χ1v) is 8.05. The third kappa shape index (κ3) is 1.91. The van der Waals surface area contributed by atoms with Crippen LogP contribution >= 0.6 is 0 Å². The van der Waals surface area contributed by atoms with Gasteiger partial charge in [-0.1, -0.05) is 30.3 Å². The zero-order chi connectivity index (χ0) is 16.1. The van der Waals surface area contributed by atoms with Crippen LogP contribution in [0.2, 0.25) is 0 Å². The van der Waals surface area contributed by atoms with E-state index in [2.05, 4.69) is 42.5 Å². The fraction of sp³-hybridized carbons (Fsp3) is 0.143. The first kappa shape index (κ1) is 13.5. The maximum Gasteiger partial charge on any atom is 0.158 e. The molecular weight excluding hydrogens is 300 g/mol. The van der Waals surface area contributed by atoms with Gasteiger partial charge in [-0.25, -0.2) is 0 Å². The Morgan fingerprint density at radius 2 is 1.92 bits per heavy atom. The number of fused-ring (bicyclic) bond motifs is 6. The molecule has 2 aliphatic heterocycles. The van der Waals surface area contributed by atoms with E-state index in [0.29, 0.717) is 6.61 Å². The van der Waals surface area contributed by atoms with E-state index in [-0.39, 0.29) is 6.10 Å². The molecule has 2 aliphatic rings. The lowest BCUT2D eigenvalue weighted by Gasteiger charge is -2.33. The second kappa shape index (κ2) is 5.03. The zero-order valence-corrected chi connectivity index (χ0v) is 13.3. The fourth-order valence-electron chi connectivity index (χ4n) is 3.52. The molecule has 3 heteroatoms. The maximum atomic E-state index is 6.23. The summed E-state index contributed by atoms with van der Waals surface area (Å²) in [6, 6.07) is 18.5. The first-order valence-electron chi connectivity index (χ1n) is 8.05. The van der Waals surface area contributed by atoms with Crippen molar-refractivity contribution in [2.75, 3.05) is 13.7 Å². The SMILES string of the molecule is COc1ccc2c(c1)OCC1Oc3ccc4ccccc4c3C=C21. The van der Waals surface area contributed by atoms with E-state index in [1.165, 1.54) is 16.3 Å². The van der Waals surface area contributed by atoms with Gasteiger partial charge in [0, 0.05) is 22.8 Å². The third-order valence-electron chi connectivity index (χ3n) is 4.74. The summed E-state index contributed by atoms with van der Waals surface area (Å²) in [6.07, 6.45) is 2.18. The van der Waals surface area contributed by atoms with Crippen LogP contribution in [0.3, 0.4) is 0 Å². The molecule has 0 N–H and O–H groups in total. The standard InChI is InChI=1S/C21H16O3/c1-22-14-7-8-16-18-11-17-15-5-3-2-4-13(15)6-9-19(17)24-21(18)12-23-20(16)10-14/h2-11,21H,12H2,1H3. The predicted molar refractivity (Wildman–Crippen MR) is 94.7 cm³/mol. The lowest BCUT2D eigenvalue weighted by molar-refractivity contribution is 0.159. The van der Waals surface area contributed by atoms with E-state index in [0.717, 1.165) is 28.4 Å². The van der Waals surface area contributed by atoms with Crippen LogP contribution in [0.25, 0.3) is 22.4 Å². The number of rotatable bonds is 1. The Morgan fingerprint density at radius 1 is 1.00 bits per heavy atom. The Hall–Kier alpha value is -2.94. The van der Waals surface area contributed by atoms with Gasteiger partial charge in [0.25, 0.3) is 0 Å². The molecule has 0 amide bonds. The summed E-state index contributed by atoms with van der Waals surface area (Å²) >= 11 is 0. The molecule has 3 aromatic rings. The minimum atomic E-state index is -0.0699. The van der Waals surface area contributed by atoms with Crippen LogP contribution < -0.4 is 14.2 Å². The largest absolute Gasteiger partial charge is 0.497 e. The number of methoxy groups -OCH3 is 1. The Kier molecular flexibility index (Phi) is 2.83. The highest BCUT2D eigenvalue weighted by Crippen LogP contribution is 2.43. The molecule has 24 heavy (non-hydrogen) atoms. The quantitative estimate of drug-likeness (QED) is 0.659. The van der Waals surface area contributed by atoms with E-state index in [4.69, 9.17) is 14.2 Å². The lowest BCUT2D eigenvalue weighted by Crippen LogP contribution is -2.32. The summed E-state index contributed by atoms with van der Waals surface area (Å²) in [5.74, 6) is 2.57. The van der Waals surface area contributed by atoms with Crippen molar-refractivity contribution in [1.82, 2.24) is 0 Å². The third-order valence-corrected chi connectivity index (χ3v) is 4.74. The van der Waals surface area contributed by atoms with Crippen LogP contribution in [-0.2, 0) is 0 Å². The van der Waals surface area contributed by atoms with Gasteiger partial charge >= 0.3 is 0 Å². The number of hydrogen-bond donors (Lipinski definition) is 0. The van der Waals surface area contributed by atoms with Gasteiger partial charge in [-0.05, 0) is 35.0 Å². The van der Waals surface area contributed by atoms with Crippen molar-refractivity contribution in [1.29, 1.82) is 0 Å². The van der Waals surface area contributed by atoms with E-state index in [1.54, 1.807) is 7.11 Å². The molecule has 0 saturated heterocycles. The van der Waals surface area contributed by atoms with Crippen LogP contribution in [0, 0.1) is 0 Å². The molecule has 3 aromatic carbocycles. The van der Waals surface area contributed by atoms with E-state index in [9.17, 15) is 0 Å². The second-order valence-electron chi connectivity index (χ2n) is 6.08. The maximum absolute atomic E-state index is 6.23. The van der Waals surface area contributed by atoms with E-state index in [1.807, 2.05) is 18.2 Å². The van der Waals surface area contributed by atoms with Gasteiger partial charge in [0.15, 0.2) is 6.10 Å². The topological polar surface area (TPSA) is 27.7 Å². The summed E-state index contributed by atoms with van der Waals surface area (Å²) < 4.78 is 17.4. The lowest BCUT2D eigenvalue weighted by atomic mass is 9.91. The van der Waals surface area contributed by atoms with E-state index >= 15 is 0 Å². The van der Waals surface area contributed by atoms with Gasteiger partial charge in [-0.15, -0.1) is 0 Å². The second-order valence-corrected chi connectivity index (χ2v) is 6.08. The van der Waals surface area contributed by atoms with Gasteiger partial charge in [0.05, 0.1) is 7.11 Å². The number of hydrogen-bond acceptors (Lipinski definition) is 3. The Balaban J connectivity index is 1.73. The molecule has 0 fully saturated rings. The van der Waals surface area contributed by atoms with Crippen LogP contribution in [0.1, 0.15) is 11.1 Å². The normalized spacial score (nSPS) is 17.7. The molecule has 2 heterocycles. The molecule has 0 radical (unpaired) electrons. The number of benzene rings is 3. The highest BCUT2D eigenvalue weighted by Gasteiger charge is 2.31. The van der Waals surface area contributed by atoms with Crippen molar-refractivity contribution in [2.45, 2.75) is 6.10 Å². The monoisotopic (exact) mass is 316 g/mol. The van der Waals surface area contributed by atoms with Crippen LogP contribution in [-0.4, -0.2) is 19.8 Å². The number of ether oxygens (including phenoxy) is 3. The van der Waals surface area contributed by atoms with Gasteiger partial charge in [0.2, 0.25) is 0 Å². The van der Waals surface area contributed by atoms with Crippen molar-refractivity contribution in [3.63, 3.8) is 0 Å². The summed E-state index contributed by atoms with van der Waals surface area (Å²) in [6.45, 7) is 0.512. The van der Waals surface area contributed by atoms with Crippen molar-refractivity contribution < 1.29 is 14.2 Å². The van der Waals surface area contributed by atoms with Gasteiger partial charge in [0.1, 0.15) is 23.9 Å². The first-order chi connectivity index (χ1) is 11.8. The van der Waals surface area contributed by atoms with Gasteiger partial charge in [-0.3, -0.25) is 0 Å². The van der Waals surface area contributed by atoms with Crippen LogP contribution in [0.15, 0.2) is 54.6 Å². The summed E-state index contributed by atoms with van der Waals surface area (Å²) in [7, 11) is 1.67. The van der Waals surface area contributed by atoms with Crippen LogP contribution in [0.4, 0.5) is 0 Å².